The molecule has 0 radical (unpaired) electrons. The van der Waals surface area contributed by atoms with Gasteiger partial charge in [-0.1, -0.05) is 0 Å². The predicted octanol–water partition coefficient (Wildman–Crippen LogP) is -0.289. The molecule has 1 N–H and O–H groups in total. The standard InChI is InChI=1S/C8H9F3N2O5S/c9-8(10,11)4-1-2-7-5(3-12(4)7)13(6(7)14)18-19(15,16)17/h4-5H,1-3H2,(H,15,16,17)/t4?,5-,7-/m1/s1. The lowest BCUT2D eigenvalue weighted by Gasteiger charge is -2.65. The number of β-lactam (4-membered cyclic amide) rings is 1. The summed E-state index contributed by atoms with van der Waals surface area (Å²) in [6.07, 6.45) is -4.61. The second kappa shape index (κ2) is 3.40. The SMILES string of the molecule is O=C1N(OS(=O)(=O)O)[C@@H]2CN3C(C(F)(F)F)CC[C@]123. The van der Waals surface area contributed by atoms with Crippen molar-refractivity contribution < 1.29 is 35.2 Å². The van der Waals surface area contributed by atoms with Crippen molar-refractivity contribution in [2.24, 2.45) is 0 Å². The third-order valence-corrected chi connectivity index (χ3v) is 4.36. The molecule has 0 aromatic heterocycles. The van der Waals surface area contributed by atoms with Crippen molar-refractivity contribution in [2.75, 3.05) is 6.54 Å². The predicted molar refractivity (Wildman–Crippen MR) is 51.8 cm³/mol. The van der Waals surface area contributed by atoms with Crippen LogP contribution in [0.5, 0.6) is 0 Å². The van der Waals surface area contributed by atoms with Gasteiger partial charge in [0, 0.05) is 6.54 Å². The Morgan fingerprint density at radius 3 is 2.53 bits per heavy atom. The first kappa shape index (κ1) is 13.1. The van der Waals surface area contributed by atoms with Gasteiger partial charge in [0.15, 0.2) is 0 Å². The molecule has 108 valence electrons. The molecular weight excluding hydrogens is 293 g/mol. The highest BCUT2D eigenvalue weighted by molar-refractivity contribution is 7.80. The van der Waals surface area contributed by atoms with E-state index in [0.29, 0.717) is 5.06 Å². The van der Waals surface area contributed by atoms with Gasteiger partial charge in [0.05, 0.1) is 0 Å². The van der Waals surface area contributed by atoms with Crippen LogP contribution in [0.1, 0.15) is 12.8 Å². The Kier molecular flexibility index (Phi) is 2.34. The lowest BCUT2D eigenvalue weighted by Crippen LogP contribution is -2.89. The van der Waals surface area contributed by atoms with Crippen molar-refractivity contribution in [1.82, 2.24) is 9.96 Å². The number of alkyl halides is 3. The minimum absolute atomic E-state index is 0.00597. The Morgan fingerprint density at radius 2 is 2.05 bits per heavy atom. The summed E-state index contributed by atoms with van der Waals surface area (Å²) in [4.78, 5) is 12.8. The molecule has 0 aliphatic carbocycles. The molecule has 3 saturated heterocycles. The number of rotatable bonds is 2. The highest BCUT2D eigenvalue weighted by atomic mass is 32.3. The van der Waals surface area contributed by atoms with Crippen molar-refractivity contribution in [3.8, 4) is 0 Å². The van der Waals surface area contributed by atoms with E-state index in [1.54, 1.807) is 0 Å². The zero-order valence-corrected chi connectivity index (χ0v) is 10.1. The minimum atomic E-state index is -4.85. The fourth-order valence-corrected chi connectivity index (χ4v) is 3.62. The zero-order valence-electron chi connectivity index (χ0n) is 9.29. The van der Waals surface area contributed by atoms with Gasteiger partial charge in [-0.15, -0.1) is 4.28 Å². The van der Waals surface area contributed by atoms with Crippen LogP contribution in [0, 0.1) is 0 Å². The summed E-state index contributed by atoms with van der Waals surface area (Å²) < 4.78 is 71.7. The highest BCUT2D eigenvalue weighted by Gasteiger charge is 2.78. The van der Waals surface area contributed by atoms with Gasteiger partial charge in [-0.05, 0) is 12.8 Å². The minimum Gasteiger partial charge on any atom is -0.274 e. The number of nitrogens with zero attached hydrogens (tertiary/aromatic N) is 2. The number of carbonyl (C=O) groups is 1. The van der Waals surface area contributed by atoms with Gasteiger partial charge in [-0.3, -0.25) is 14.2 Å². The Bertz CT molecular complexity index is 549. The maximum absolute atomic E-state index is 12.7. The fraction of sp³-hybridized carbons (Fsp3) is 0.875. The summed E-state index contributed by atoms with van der Waals surface area (Å²) in [5.74, 6) is -0.854. The van der Waals surface area contributed by atoms with Gasteiger partial charge in [0.2, 0.25) is 0 Å². The van der Waals surface area contributed by atoms with E-state index in [0.717, 1.165) is 4.90 Å². The van der Waals surface area contributed by atoms with Gasteiger partial charge < -0.3 is 0 Å². The summed E-state index contributed by atoms with van der Waals surface area (Å²) in [5.41, 5.74) is -1.30. The van der Waals surface area contributed by atoms with E-state index in [4.69, 9.17) is 4.55 Å². The van der Waals surface area contributed by atoms with E-state index >= 15 is 0 Å². The monoisotopic (exact) mass is 302 g/mol. The van der Waals surface area contributed by atoms with E-state index in [2.05, 4.69) is 4.28 Å². The van der Waals surface area contributed by atoms with Gasteiger partial charge in [0.25, 0.3) is 5.91 Å². The molecule has 19 heavy (non-hydrogen) atoms. The molecule has 3 atom stereocenters. The van der Waals surface area contributed by atoms with Gasteiger partial charge >= 0.3 is 16.6 Å². The smallest absolute Gasteiger partial charge is 0.274 e. The number of hydrogen-bond donors (Lipinski definition) is 1. The molecule has 3 fully saturated rings. The lowest BCUT2D eigenvalue weighted by molar-refractivity contribution is -0.284. The van der Waals surface area contributed by atoms with Crippen molar-refractivity contribution in [1.29, 1.82) is 0 Å². The van der Waals surface area contributed by atoms with Crippen LogP contribution in [0.15, 0.2) is 0 Å². The maximum Gasteiger partial charge on any atom is 0.418 e. The average molecular weight is 302 g/mol. The van der Waals surface area contributed by atoms with Crippen LogP contribution >= 0.6 is 0 Å². The van der Waals surface area contributed by atoms with Gasteiger partial charge in [0.1, 0.15) is 17.6 Å². The molecule has 7 nitrogen and oxygen atoms in total. The molecule has 0 bridgehead atoms. The zero-order chi connectivity index (χ0) is 14.2. The van der Waals surface area contributed by atoms with Gasteiger partial charge in [-0.25, -0.2) is 0 Å². The Labute approximate surface area is 105 Å². The molecule has 11 heteroatoms. The van der Waals surface area contributed by atoms with Crippen LogP contribution in [0.3, 0.4) is 0 Å². The molecule has 1 amide bonds. The largest absolute Gasteiger partial charge is 0.418 e. The summed E-state index contributed by atoms with van der Waals surface area (Å²) in [5, 5.41) is 0.435. The van der Waals surface area contributed by atoms with Crippen LogP contribution in [0.4, 0.5) is 13.2 Å². The van der Waals surface area contributed by atoms with Gasteiger partial charge in [-0.2, -0.15) is 26.7 Å². The molecule has 0 aromatic carbocycles. The number of amides is 1. The Hall–Kier alpha value is -0.910. The van der Waals surface area contributed by atoms with Crippen LogP contribution in [-0.4, -0.2) is 59.2 Å². The second-order valence-corrected chi connectivity index (χ2v) is 5.83. The molecule has 3 aliphatic heterocycles. The first-order valence-corrected chi connectivity index (χ1v) is 6.78. The molecule has 1 unspecified atom stereocenters. The van der Waals surface area contributed by atoms with E-state index in [1.807, 2.05) is 0 Å². The normalized spacial score (nSPS) is 38.5. The molecular formula is C8H9F3N2O5S. The number of hydroxylamine groups is 2. The summed E-state index contributed by atoms with van der Waals surface area (Å²) in [6.45, 7) is -0.120. The molecule has 0 aromatic rings. The van der Waals surface area contributed by atoms with E-state index < -0.39 is 40.1 Å². The summed E-state index contributed by atoms with van der Waals surface area (Å²) in [7, 11) is -4.85. The topological polar surface area (TPSA) is 87.1 Å². The van der Waals surface area contributed by atoms with Crippen LogP contribution < -0.4 is 0 Å². The van der Waals surface area contributed by atoms with Crippen LogP contribution in [0.2, 0.25) is 0 Å². The van der Waals surface area contributed by atoms with Crippen molar-refractivity contribution in [3.05, 3.63) is 0 Å². The quantitative estimate of drug-likeness (QED) is 0.557. The van der Waals surface area contributed by atoms with E-state index in [-0.39, 0.29) is 19.4 Å². The number of hydrogen-bond acceptors (Lipinski definition) is 5. The van der Waals surface area contributed by atoms with Crippen molar-refractivity contribution >= 4 is 16.3 Å². The maximum atomic E-state index is 12.7. The Morgan fingerprint density at radius 1 is 1.42 bits per heavy atom. The number of halogens is 3. The van der Waals surface area contributed by atoms with Crippen molar-refractivity contribution in [3.63, 3.8) is 0 Å². The average Bonchev–Trinajstić information content (AvgIpc) is 2.52. The summed E-state index contributed by atoms with van der Waals surface area (Å²) >= 11 is 0. The second-order valence-electron chi connectivity index (χ2n) is 4.82. The molecule has 3 heterocycles. The fourth-order valence-electron chi connectivity index (χ4n) is 3.24. The summed E-state index contributed by atoms with van der Waals surface area (Å²) in [6, 6.07) is -2.44. The van der Waals surface area contributed by atoms with Crippen molar-refractivity contribution in [2.45, 2.75) is 36.6 Å². The Balaban J connectivity index is 1.79. The van der Waals surface area contributed by atoms with E-state index in [9.17, 15) is 26.4 Å². The number of carbonyl (C=O) groups excluding carboxylic acids is 1. The van der Waals surface area contributed by atoms with Crippen LogP contribution in [-0.2, 0) is 19.5 Å². The highest BCUT2D eigenvalue weighted by Crippen LogP contribution is 2.56. The molecule has 3 rings (SSSR count). The lowest BCUT2D eigenvalue weighted by atomic mass is 9.71. The first-order chi connectivity index (χ1) is 8.57. The first-order valence-electron chi connectivity index (χ1n) is 5.41. The third-order valence-electron chi connectivity index (χ3n) is 4.01. The third kappa shape index (κ3) is 1.55. The van der Waals surface area contributed by atoms with Crippen LogP contribution in [0.25, 0.3) is 0 Å². The molecule has 0 saturated carbocycles. The number of piperazine rings is 1. The molecule has 3 aliphatic rings. The van der Waals surface area contributed by atoms with E-state index in [1.165, 1.54) is 0 Å². The molecule has 1 spiro atoms.